The molecule has 6 nitrogen and oxygen atoms in total. The Morgan fingerprint density at radius 2 is 1.91 bits per heavy atom. The van der Waals surface area contributed by atoms with Crippen LogP contribution in [0.15, 0.2) is 58.5 Å². The van der Waals surface area contributed by atoms with E-state index in [1.165, 1.54) is 25.5 Å². The van der Waals surface area contributed by atoms with Crippen LogP contribution < -0.4 is 14.3 Å². The molecule has 23 heavy (non-hydrogen) atoms. The van der Waals surface area contributed by atoms with Gasteiger partial charge in [0.15, 0.2) is 0 Å². The normalized spacial score (nSPS) is 11.4. The molecule has 0 saturated heterocycles. The Balaban J connectivity index is 2.18. The zero-order chi connectivity index (χ0) is 16.7. The Labute approximate surface area is 135 Å². The van der Waals surface area contributed by atoms with Gasteiger partial charge in [-0.05, 0) is 37.3 Å². The van der Waals surface area contributed by atoms with Gasteiger partial charge in [-0.3, -0.25) is 0 Å². The maximum Gasteiger partial charge on any atom is 0.276 e. The molecule has 122 valence electrons. The highest BCUT2D eigenvalue weighted by Crippen LogP contribution is 2.22. The monoisotopic (exact) mass is 334 g/mol. The first kappa shape index (κ1) is 16.8. The number of rotatable bonds is 7. The number of nitrogens with zero attached hydrogens (tertiary/aromatic N) is 1. The van der Waals surface area contributed by atoms with Gasteiger partial charge in [0, 0.05) is 5.56 Å². The summed E-state index contributed by atoms with van der Waals surface area (Å²) in [6.45, 7) is 2.41. The van der Waals surface area contributed by atoms with E-state index in [0.29, 0.717) is 23.7 Å². The average molecular weight is 334 g/mol. The molecule has 0 radical (unpaired) electrons. The van der Waals surface area contributed by atoms with Crippen LogP contribution in [0.4, 0.5) is 0 Å². The zero-order valence-electron chi connectivity index (χ0n) is 12.9. The molecule has 7 heteroatoms. The Morgan fingerprint density at radius 1 is 1.17 bits per heavy atom. The molecule has 1 N–H and O–H groups in total. The molecular weight excluding hydrogens is 316 g/mol. The summed E-state index contributed by atoms with van der Waals surface area (Å²) in [6.07, 6.45) is 1.38. The van der Waals surface area contributed by atoms with Gasteiger partial charge in [0.1, 0.15) is 11.5 Å². The fourth-order valence-corrected chi connectivity index (χ4v) is 2.70. The average Bonchev–Trinajstić information content (AvgIpc) is 2.56. The zero-order valence-corrected chi connectivity index (χ0v) is 13.7. The summed E-state index contributed by atoms with van der Waals surface area (Å²) < 4.78 is 34.8. The molecule has 0 unspecified atom stereocenters. The lowest BCUT2D eigenvalue weighted by molar-refractivity contribution is 0.339. The van der Waals surface area contributed by atoms with Gasteiger partial charge in [-0.25, -0.2) is 4.83 Å². The van der Waals surface area contributed by atoms with Crippen LogP contribution in [-0.2, 0) is 10.0 Å². The summed E-state index contributed by atoms with van der Waals surface area (Å²) in [6, 6.07) is 13.3. The first-order valence-corrected chi connectivity index (χ1v) is 8.46. The Morgan fingerprint density at radius 3 is 2.57 bits per heavy atom. The van der Waals surface area contributed by atoms with E-state index in [2.05, 4.69) is 9.93 Å². The summed E-state index contributed by atoms with van der Waals surface area (Å²) in [5.41, 5.74) is 0.606. The molecule has 0 bridgehead atoms. The summed E-state index contributed by atoms with van der Waals surface area (Å²) >= 11 is 0. The Hall–Kier alpha value is -2.54. The number of hydrogen-bond acceptors (Lipinski definition) is 5. The van der Waals surface area contributed by atoms with E-state index in [9.17, 15) is 8.42 Å². The van der Waals surface area contributed by atoms with E-state index >= 15 is 0 Å². The minimum atomic E-state index is -3.69. The molecule has 2 aromatic carbocycles. The predicted molar refractivity (Wildman–Crippen MR) is 88.5 cm³/mol. The van der Waals surface area contributed by atoms with Gasteiger partial charge in [0.05, 0.1) is 24.8 Å². The molecule has 2 rings (SSSR count). The molecule has 0 spiro atoms. The van der Waals surface area contributed by atoms with Crippen molar-refractivity contribution in [1.82, 2.24) is 4.83 Å². The largest absolute Gasteiger partial charge is 0.496 e. The number of benzene rings is 2. The molecule has 2 aromatic rings. The van der Waals surface area contributed by atoms with E-state index in [0.717, 1.165) is 0 Å². The SMILES string of the molecule is CCOc1ccc(OC)c(/C=N\NS(=O)(=O)c2ccccc2)c1. The lowest BCUT2D eigenvalue weighted by atomic mass is 10.2. The van der Waals surface area contributed by atoms with Crippen LogP contribution in [0.5, 0.6) is 11.5 Å². The quantitative estimate of drug-likeness (QED) is 0.623. The van der Waals surface area contributed by atoms with Crippen LogP contribution in [0.1, 0.15) is 12.5 Å². The third-order valence-electron chi connectivity index (χ3n) is 2.94. The minimum Gasteiger partial charge on any atom is -0.496 e. The lowest BCUT2D eigenvalue weighted by Gasteiger charge is -2.08. The van der Waals surface area contributed by atoms with Gasteiger partial charge < -0.3 is 9.47 Å². The molecule has 0 aliphatic heterocycles. The van der Waals surface area contributed by atoms with Crippen LogP contribution >= 0.6 is 0 Å². The van der Waals surface area contributed by atoms with Crippen molar-refractivity contribution in [2.24, 2.45) is 5.10 Å². The van der Waals surface area contributed by atoms with E-state index in [4.69, 9.17) is 9.47 Å². The van der Waals surface area contributed by atoms with Crippen molar-refractivity contribution in [3.8, 4) is 11.5 Å². The molecular formula is C16H18N2O4S. The number of sulfonamides is 1. The maximum atomic E-state index is 12.1. The van der Waals surface area contributed by atoms with Crippen molar-refractivity contribution in [3.63, 3.8) is 0 Å². The molecule has 0 fully saturated rings. The number of nitrogens with one attached hydrogen (secondary N) is 1. The van der Waals surface area contributed by atoms with Crippen molar-refractivity contribution in [2.45, 2.75) is 11.8 Å². The maximum absolute atomic E-state index is 12.1. The van der Waals surface area contributed by atoms with E-state index in [1.54, 1.807) is 36.4 Å². The number of ether oxygens (including phenoxy) is 2. The van der Waals surface area contributed by atoms with E-state index in [-0.39, 0.29) is 4.90 Å². The molecule has 0 amide bonds. The van der Waals surface area contributed by atoms with E-state index < -0.39 is 10.0 Å². The van der Waals surface area contributed by atoms with Gasteiger partial charge >= 0.3 is 0 Å². The highest BCUT2D eigenvalue weighted by Gasteiger charge is 2.11. The summed E-state index contributed by atoms with van der Waals surface area (Å²) in [5.74, 6) is 1.22. The van der Waals surface area contributed by atoms with Crippen molar-refractivity contribution in [1.29, 1.82) is 0 Å². The van der Waals surface area contributed by atoms with Crippen molar-refractivity contribution >= 4 is 16.2 Å². The third kappa shape index (κ3) is 4.46. The number of hydrogen-bond donors (Lipinski definition) is 1. The topological polar surface area (TPSA) is 77.0 Å². The van der Waals surface area contributed by atoms with E-state index in [1.807, 2.05) is 6.92 Å². The smallest absolute Gasteiger partial charge is 0.276 e. The van der Waals surface area contributed by atoms with Gasteiger partial charge in [-0.1, -0.05) is 18.2 Å². The van der Waals surface area contributed by atoms with Crippen molar-refractivity contribution < 1.29 is 17.9 Å². The second kappa shape index (κ2) is 7.64. The number of hydrazone groups is 1. The number of methoxy groups -OCH3 is 1. The van der Waals surface area contributed by atoms with Gasteiger partial charge in [-0.15, -0.1) is 0 Å². The second-order valence-electron chi connectivity index (χ2n) is 4.50. The highest BCUT2D eigenvalue weighted by atomic mass is 32.2. The molecule has 0 aliphatic rings. The standard InChI is InChI=1S/C16H18N2O4S/c1-3-22-14-9-10-16(21-2)13(11-14)12-17-18-23(19,20)15-7-5-4-6-8-15/h4-12,18H,3H2,1-2H3/b17-12-. The minimum absolute atomic E-state index is 0.146. The summed E-state index contributed by atoms with van der Waals surface area (Å²) in [4.78, 5) is 2.32. The fraction of sp³-hybridized carbons (Fsp3) is 0.188. The Kier molecular flexibility index (Phi) is 5.59. The summed E-state index contributed by atoms with van der Waals surface area (Å²) in [5, 5.41) is 3.80. The molecule has 0 aliphatic carbocycles. The third-order valence-corrected chi connectivity index (χ3v) is 4.18. The highest BCUT2D eigenvalue weighted by molar-refractivity contribution is 7.89. The molecule has 0 heterocycles. The van der Waals surface area contributed by atoms with Crippen LogP contribution in [0.2, 0.25) is 0 Å². The van der Waals surface area contributed by atoms with Crippen LogP contribution in [0.25, 0.3) is 0 Å². The predicted octanol–water partition coefficient (Wildman–Crippen LogP) is 2.41. The first-order chi connectivity index (χ1) is 11.1. The van der Waals surface area contributed by atoms with Crippen molar-refractivity contribution in [2.75, 3.05) is 13.7 Å². The first-order valence-electron chi connectivity index (χ1n) is 6.97. The van der Waals surface area contributed by atoms with Crippen molar-refractivity contribution in [3.05, 3.63) is 54.1 Å². The Bertz CT molecular complexity index is 774. The summed E-state index contributed by atoms with van der Waals surface area (Å²) in [7, 11) is -2.16. The van der Waals surface area contributed by atoms with Crippen LogP contribution in [0, 0.1) is 0 Å². The van der Waals surface area contributed by atoms with Crippen LogP contribution in [0.3, 0.4) is 0 Å². The van der Waals surface area contributed by atoms with Gasteiger partial charge in [-0.2, -0.15) is 13.5 Å². The molecule has 0 saturated carbocycles. The van der Waals surface area contributed by atoms with Gasteiger partial charge in [0.2, 0.25) is 0 Å². The fourth-order valence-electron chi connectivity index (χ4n) is 1.89. The van der Waals surface area contributed by atoms with Crippen LogP contribution in [-0.4, -0.2) is 28.3 Å². The second-order valence-corrected chi connectivity index (χ2v) is 6.16. The lowest BCUT2D eigenvalue weighted by Crippen LogP contribution is -2.18. The molecule has 0 aromatic heterocycles. The molecule has 0 atom stereocenters. The van der Waals surface area contributed by atoms with Gasteiger partial charge in [0.25, 0.3) is 10.0 Å².